The lowest BCUT2D eigenvalue weighted by molar-refractivity contribution is 0.684. The van der Waals surface area contributed by atoms with Crippen LogP contribution >= 0.6 is 0 Å². The van der Waals surface area contributed by atoms with Gasteiger partial charge in [0, 0.05) is 5.19 Å². The van der Waals surface area contributed by atoms with Gasteiger partial charge < -0.3 is 0 Å². The van der Waals surface area contributed by atoms with Gasteiger partial charge in [-0.3, -0.25) is 8.22 Å². The highest BCUT2D eigenvalue weighted by atomic mass is 28.4. The van der Waals surface area contributed by atoms with E-state index >= 15 is 0 Å². The minimum Gasteiger partial charge on any atom is -0.269 e. The molecule has 0 bridgehead atoms. The molecule has 0 aromatic heterocycles. The Hall–Kier alpha value is -0.703. The summed E-state index contributed by atoms with van der Waals surface area (Å²) in [7, 11) is -3.57. The van der Waals surface area contributed by atoms with Crippen molar-refractivity contribution in [1.82, 2.24) is 0 Å². The van der Waals surface area contributed by atoms with Crippen LogP contribution in [0.3, 0.4) is 0 Å². The van der Waals surface area contributed by atoms with Crippen LogP contribution in [0.1, 0.15) is 5.56 Å². The van der Waals surface area contributed by atoms with Crippen molar-refractivity contribution in [3.8, 4) is 0 Å². The van der Waals surface area contributed by atoms with Crippen molar-refractivity contribution in [2.75, 3.05) is 0 Å². The Bertz CT molecular complexity index is 223. The zero-order chi connectivity index (χ0) is 7.56. The highest BCUT2D eigenvalue weighted by Crippen LogP contribution is 1.97. The predicted octanol–water partition coefficient (Wildman–Crippen LogP) is 1.36. The Morgan fingerprint density at radius 2 is 1.80 bits per heavy atom. The predicted molar refractivity (Wildman–Crippen MR) is 40.2 cm³/mol. The fourth-order valence-electron chi connectivity index (χ4n) is 0.832. The number of hydrogen-bond donors (Lipinski definition) is 0. The van der Waals surface area contributed by atoms with E-state index in [2.05, 4.69) is 0 Å². The van der Waals surface area contributed by atoms with Crippen LogP contribution in [-0.4, -0.2) is 9.46 Å². The fraction of sp³-hybridized carbons (Fsp3) is 0.143. The summed E-state index contributed by atoms with van der Waals surface area (Å²) in [6, 6.07) is 6.65. The van der Waals surface area contributed by atoms with Crippen LogP contribution in [0.5, 0.6) is 0 Å². The van der Waals surface area contributed by atoms with Gasteiger partial charge in [-0.1, -0.05) is 24.3 Å². The smallest absolute Gasteiger partial charge is 0.269 e. The molecule has 0 aliphatic heterocycles. The summed E-state index contributed by atoms with van der Waals surface area (Å²) >= 11 is 0. The Labute approximate surface area is 60.5 Å². The second-order valence-corrected chi connectivity index (χ2v) is 3.38. The third-order valence-corrected chi connectivity index (χ3v) is 2.54. The molecule has 0 unspecified atom stereocenters. The van der Waals surface area contributed by atoms with Crippen molar-refractivity contribution in [1.29, 1.82) is 0 Å². The molecule has 0 saturated heterocycles. The van der Waals surface area contributed by atoms with Gasteiger partial charge in [-0.25, -0.2) is 0 Å². The van der Waals surface area contributed by atoms with E-state index in [1.165, 1.54) is 6.07 Å². The molecule has 0 spiro atoms. The van der Waals surface area contributed by atoms with E-state index in [0.717, 1.165) is 0 Å². The molecule has 0 N–H and O–H groups in total. The topological polar surface area (TPSA) is 0 Å². The normalized spacial score (nSPS) is 10.4. The molecule has 54 valence electrons. The number of aryl methyl sites for hydroxylation is 1. The molecule has 0 saturated carbocycles. The van der Waals surface area contributed by atoms with Crippen LogP contribution in [0.4, 0.5) is 8.22 Å². The Kier molecular flexibility index (Phi) is 2.16. The van der Waals surface area contributed by atoms with Gasteiger partial charge in [0.15, 0.2) is 0 Å². The van der Waals surface area contributed by atoms with Gasteiger partial charge in [0.05, 0.1) is 0 Å². The number of hydrogen-bond acceptors (Lipinski definition) is 0. The van der Waals surface area contributed by atoms with Gasteiger partial charge in [0.2, 0.25) is 0 Å². The molecule has 10 heavy (non-hydrogen) atoms. The third kappa shape index (κ3) is 1.42. The van der Waals surface area contributed by atoms with E-state index in [1.807, 2.05) is 0 Å². The van der Waals surface area contributed by atoms with E-state index in [4.69, 9.17) is 0 Å². The summed E-state index contributed by atoms with van der Waals surface area (Å²) in [6.45, 7) is 1.72. The summed E-state index contributed by atoms with van der Waals surface area (Å²) in [5, 5.41) is 0.266. The van der Waals surface area contributed by atoms with E-state index in [9.17, 15) is 8.22 Å². The van der Waals surface area contributed by atoms with Crippen LogP contribution in [0.15, 0.2) is 24.3 Å². The van der Waals surface area contributed by atoms with Crippen molar-refractivity contribution in [3.63, 3.8) is 0 Å². The van der Waals surface area contributed by atoms with Crippen LogP contribution in [0, 0.1) is 6.92 Å². The van der Waals surface area contributed by atoms with Gasteiger partial charge in [0.25, 0.3) is 0 Å². The maximum absolute atomic E-state index is 12.2. The first-order chi connectivity index (χ1) is 4.72. The minimum absolute atomic E-state index is 0.266. The first-order valence-corrected chi connectivity index (χ1v) is 4.50. The minimum atomic E-state index is -3.57. The third-order valence-electron chi connectivity index (χ3n) is 1.42. The van der Waals surface area contributed by atoms with E-state index in [0.29, 0.717) is 5.56 Å². The van der Waals surface area contributed by atoms with Crippen molar-refractivity contribution in [2.24, 2.45) is 0 Å². The quantitative estimate of drug-likeness (QED) is 0.427. The lowest BCUT2D eigenvalue weighted by Crippen LogP contribution is -2.22. The van der Waals surface area contributed by atoms with Gasteiger partial charge in [-0.2, -0.15) is 0 Å². The molecule has 0 aliphatic rings. The zero-order valence-electron chi connectivity index (χ0n) is 5.64. The second kappa shape index (κ2) is 2.92. The fourth-order valence-corrected chi connectivity index (χ4v) is 1.53. The maximum Gasteiger partial charge on any atom is 0.441 e. The van der Waals surface area contributed by atoms with Gasteiger partial charge in [-0.05, 0) is 12.5 Å². The van der Waals surface area contributed by atoms with E-state index < -0.39 is 9.46 Å². The summed E-state index contributed by atoms with van der Waals surface area (Å²) in [6.07, 6.45) is 0. The van der Waals surface area contributed by atoms with Crippen molar-refractivity contribution < 1.29 is 8.22 Å². The van der Waals surface area contributed by atoms with E-state index in [1.54, 1.807) is 25.1 Å². The van der Waals surface area contributed by atoms with Crippen LogP contribution in [-0.2, 0) is 0 Å². The van der Waals surface area contributed by atoms with Crippen molar-refractivity contribution in [2.45, 2.75) is 6.92 Å². The molecule has 0 nitrogen and oxygen atoms in total. The van der Waals surface area contributed by atoms with Crippen molar-refractivity contribution >= 4 is 14.7 Å². The number of benzene rings is 1. The highest BCUT2D eigenvalue weighted by molar-refractivity contribution is 6.60. The molecule has 1 rings (SSSR count). The Morgan fingerprint density at radius 3 is 2.20 bits per heavy atom. The molecule has 0 heterocycles. The molecule has 0 aliphatic carbocycles. The summed E-state index contributed by atoms with van der Waals surface area (Å²) < 4.78 is 24.3. The largest absolute Gasteiger partial charge is 0.441 e. The van der Waals surface area contributed by atoms with Crippen LogP contribution < -0.4 is 5.19 Å². The molecule has 3 heteroatoms. The highest BCUT2D eigenvalue weighted by Gasteiger charge is 2.12. The number of rotatable bonds is 1. The lowest BCUT2D eigenvalue weighted by Gasteiger charge is -1.99. The molecule has 1 aromatic rings. The first kappa shape index (κ1) is 7.40. The zero-order valence-corrected chi connectivity index (χ0v) is 6.80. The van der Waals surface area contributed by atoms with E-state index in [-0.39, 0.29) is 5.19 Å². The molecule has 1 aromatic carbocycles. The Morgan fingerprint density at radius 1 is 1.20 bits per heavy atom. The van der Waals surface area contributed by atoms with Gasteiger partial charge >= 0.3 is 9.46 Å². The molecule has 0 fully saturated rings. The molecular formula is C7H8F2Si. The molecule has 0 amide bonds. The van der Waals surface area contributed by atoms with Gasteiger partial charge in [-0.15, -0.1) is 0 Å². The molecular weight excluding hydrogens is 150 g/mol. The lowest BCUT2D eigenvalue weighted by atomic mass is 10.2. The second-order valence-electron chi connectivity index (χ2n) is 2.16. The summed E-state index contributed by atoms with van der Waals surface area (Å²) in [4.78, 5) is 0. The van der Waals surface area contributed by atoms with Crippen LogP contribution in [0.25, 0.3) is 0 Å². The average Bonchev–Trinajstić information content (AvgIpc) is 1.88. The SMILES string of the molecule is Cc1ccccc1[SiH](F)F. The number of halogens is 2. The van der Waals surface area contributed by atoms with Crippen LogP contribution in [0.2, 0.25) is 0 Å². The molecule has 0 radical (unpaired) electrons. The summed E-state index contributed by atoms with van der Waals surface area (Å²) in [5.41, 5.74) is 0.712. The molecule has 0 atom stereocenters. The van der Waals surface area contributed by atoms with Crippen molar-refractivity contribution in [3.05, 3.63) is 29.8 Å². The van der Waals surface area contributed by atoms with Gasteiger partial charge in [0.1, 0.15) is 0 Å². The maximum atomic E-state index is 12.2. The average molecular weight is 158 g/mol. The Balaban J connectivity index is 3.03. The monoisotopic (exact) mass is 158 g/mol. The standard InChI is InChI=1S/C7H8F2Si/c1-6-4-2-3-5-7(6)10(8)9/h2-5,10H,1H3. The summed E-state index contributed by atoms with van der Waals surface area (Å²) in [5.74, 6) is 0. The first-order valence-electron chi connectivity index (χ1n) is 3.05.